The molecule has 0 unspecified atom stereocenters. The Hall–Kier alpha value is -1.97. The van der Waals surface area contributed by atoms with Gasteiger partial charge in [0.25, 0.3) is 0 Å². The number of nitrogen functional groups attached to an aromatic ring is 1. The predicted octanol–water partition coefficient (Wildman–Crippen LogP) is 2.24. The maximum atomic E-state index is 5.62. The van der Waals surface area contributed by atoms with Crippen molar-refractivity contribution in [2.24, 2.45) is 0 Å². The second-order valence-corrected chi connectivity index (χ2v) is 3.88. The van der Waals surface area contributed by atoms with Crippen molar-refractivity contribution in [3.05, 3.63) is 36.7 Å². The molecule has 1 aromatic carbocycles. The van der Waals surface area contributed by atoms with E-state index in [-0.39, 0.29) is 6.10 Å². The lowest BCUT2D eigenvalue weighted by Gasteiger charge is -2.05. The largest absolute Gasteiger partial charge is 0.488 e. The zero-order chi connectivity index (χ0) is 11.5. The molecule has 0 saturated heterocycles. The molecule has 2 rings (SSSR count). The highest BCUT2D eigenvalue weighted by atomic mass is 16.5. The first-order valence-electron chi connectivity index (χ1n) is 5.22. The van der Waals surface area contributed by atoms with E-state index in [1.807, 2.05) is 44.3 Å². The molecule has 2 N–H and O–H groups in total. The maximum Gasteiger partial charge on any atom is 0.158 e. The zero-order valence-corrected chi connectivity index (χ0v) is 9.42. The van der Waals surface area contributed by atoms with Crippen LogP contribution in [0.3, 0.4) is 0 Å². The summed E-state index contributed by atoms with van der Waals surface area (Å²) < 4.78 is 7.29. The molecule has 0 aliphatic rings. The lowest BCUT2D eigenvalue weighted by Crippen LogP contribution is -2.04. The van der Waals surface area contributed by atoms with Gasteiger partial charge in [-0.2, -0.15) is 5.10 Å². The van der Waals surface area contributed by atoms with Gasteiger partial charge in [0.05, 0.1) is 24.2 Å². The number of ether oxygens (including phenoxy) is 1. The molecule has 16 heavy (non-hydrogen) atoms. The summed E-state index contributed by atoms with van der Waals surface area (Å²) >= 11 is 0. The number of hydrogen-bond donors (Lipinski definition) is 1. The van der Waals surface area contributed by atoms with E-state index in [9.17, 15) is 0 Å². The minimum atomic E-state index is 0.157. The van der Waals surface area contributed by atoms with Gasteiger partial charge in [0.15, 0.2) is 5.75 Å². The maximum absolute atomic E-state index is 5.62. The van der Waals surface area contributed by atoms with E-state index in [0.29, 0.717) is 0 Å². The summed E-state index contributed by atoms with van der Waals surface area (Å²) in [6, 6.07) is 7.53. The van der Waals surface area contributed by atoms with Gasteiger partial charge in [-0.3, -0.25) is 0 Å². The molecular weight excluding hydrogens is 202 g/mol. The summed E-state index contributed by atoms with van der Waals surface area (Å²) in [6.45, 7) is 3.97. The van der Waals surface area contributed by atoms with Crippen LogP contribution in [0.4, 0.5) is 5.69 Å². The summed E-state index contributed by atoms with van der Waals surface area (Å²) in [5, 5.41) is 4.22. The molecule has 1 heterocycles. The van der Waals surface area contributed by atoms with Crippen LogP contribution in [0, 0.1) is 0 Å². The SMILES string of the molecule is CC(C)Oc1cnn(-c2ccc(N)cc2)c1. The first-order valence-corrected chi connectivity index (χ1v) is 5.22. The Morgan fingerprint density at radius 3 is 2.56 bits per heavy atom. The summed E-state index contributed by atoms with van der Waals surface area (Å²) in [5.41, 5.74) is 7.33. The molecule has 4 heteroatoms. The van der Waals surface area contributed by atoms with Gasteiger partial charge >= 0.3 is 0 Å². The molecule has 0 saturated carbocycles. The number of hydrogen-bond acceptors (Lipinski definition) is 3. The first kappa shape index (κ1) is 10.5. The van der Waals surface area contributed by atoms with Gasteiger partial charge in [0.1, 0.15) is 0 Å². The zero-order valence-electron chi connectivity index (χ0n) is 9.42. The third-order valence-electron chi connectivity index (χ3n) is 2.09. The molecule has 1 aromatic heterocycles. The fourth-order valence-electron chi connectivity index (χ4n) is 1.41. The summed E-state index contributed by atoms with van der Waals surface area (Å²) in [4.78, 5) is 0. The van der Waals surface area contributed by atoms with Gasteiger partial charge in [-0.25, -0.2) is 4.68 Å². The van der Waals surface area contributed by atoms with E-state index < -0.39 is 0 Å². The van der Waals surface area contributed by atoms with E-state index in [2.05, 4.69) is 5.10 Å². The van der Waals surface area contributed by atoms with Crippen molar-refractivity contribution in [1.82, 2.24) is 9.78 Å². The van der Waals surface area contributed by atoms with E-state index in [1.165, 1.54) is 0 Å². The third-order valence-corrected chi connectivity index (χ3v) is 2.09. The lowest BCUT2D eigenvalue weighted by molar-refractivity contribution is 0.242. The molecule has 0 fully saturated rings. The molecule has 84 valence electrons. The van der Waals surface area contributed by atoms with Crippen LogP contribution in [-0.4, -0.2) is 15.9 Å². The van der Waals surface area contributed by atoms with Crippen molar-refractivity contribution in [3.8, 4) is 11.4 Å². The average Bonchev–Trinajstić information content (AvgIpc) is 2.66. The quantitative estimate of drug-likeness (QED) is 0.802. The first-order chi connectivity index (χ1) is 7.65. The molecule has 0 spiro atoms. The molecule has 0 atom stereocenters. The van der Waals surface area contributed by atoms with Gasteiger partial charge in [-0.15, -0.1) is 0 Å². The molecule has 0 amide bonds. The van der Waals surface area contributed by atoms with Crippen molar-refractivity contribution in [2.75, 3.05) is 5.73 Å². The van der Waals surface area contributed by atoms with Crippen LogP contribution in [0.5, 0.6) is 5.75 Å². The highest BCUT2D eigenvalue weighted by Gasteiger charge is 2.03. The number of nitrogens with zero attached hydrogens (tertiary/aromatic N) is 2. The number of anilines is 1. The fraction of sp³-hybridized carbons (Fsp3) is 0.250. The predicted molar refractivity (Wildman–Crippen MR) is 63.7 cm³/mol. The Kier molecular flexibility index (Phi) is 2.81. The Bertz CT molecular complexity index is 459. The smallest absolute Gasteiger partial charge is 0.158 e. The van der Waals surface area contributed by atoms with E-state index >= 15 is 0 Å². The summed E-state index contributed by atoms with van der Waals surface area (Å²) in [6.07, 6.45) is 3.71. The second kappa shape index (κ2) is 4.26. The number of aromatic nitrogens is 2. The van der Waals surface area contributed by atoms with Crippen molar-refractivity contribution in [3.63, 3.8) is 0 Å². The molecular formula is C12H15N3O. The number of rotatable bonds is 3. The molecule has 0 aliphatic heterocycles. The Morgan fingerprint density at radius 2 is 1.94 bits per heavy atom. The van der Waals surface area contributed by atoms with Crippen LogP contribution in [0.2, 0.25) is 0 Å². The van der Waals surface area contributed by atoms with Crippen molar-refractivity contribution in [1.29, 1.82) is 0 Å². The van der Waals surface area contributed by atoms with Crippen LogP contribution in [0.15, 0.2) is 36.7 Å². The fourth-order valence-corrected chi connectivity index (χ4v) is 1.41. The van der Waals surface area contributed by atoms with Crippen LogP contribution in [0.25, 0.3) is 5.69 Å². The van der Waals surface area contributed by atoms with Crippen molar-refractivity contribution in [2.45, 2.75) is 20.0 Å². The summed E-state index contributed by atoms with van der Waals surface area (Å²) in [5.74, 6) is 0.770. The second-order valence-electron chi connectivity index (χ2n) is 3.88. The van der Waals surface area contributed by atoms with Crippen molar-refractivity contribution < 1.29 is 4.74 Å². The Morgan fingerprint density at radius 1 is 1.25 bits per heavy atom. The monoisotopic (exact) mass is 217 g/mol. The third kappa shape index (κ3) is 2.34. The molecule has 0 bridgehead atoms. The number of nitrogens with two attached hydrogens (primary N) is 1. The van der Waals surface area contributed by atoms with E-state index in [4.69, 9.17) is 10.5 Å². The highest BCUT2D eigenvalue weighted by Crippen LogP contribution is 2.15. The van der Waals surface area contributed by atoms with Gasteiger partial charge in [0.2, 0.25) is 0 Å². The van der Waals surface area contributed by atoms with Gasteiger partial charge in [0, 0.05) is 5.69 Å². The summed E-state index contributed by atoms with van der Waals surface area (Å²) in [7, 11) is 0. The van der Waals surface area contributed by atoms with Gasteiger partial charge in [-0.05, 0) is 38.1 Å². The minimum Gasteiger partial charge on any atom is -0.488 e. The lowest BCUT2D eigenvalue weighted by atomic mass is 10.3. The van der Waals surface area contributed by atoms with Crippen molar-refractivity contribution >= 4 is 5.69 Å². The van der Waals surface area contributed by atoms with Gasteiger partial charge < -0.3 is 10.5 Å². The molecule has 4 nitrogen and oxygen atoms in total. The minimum absolute atomic E-state index is 0.157. The van der Waals surface area contributed by atoms with Crippen LogP contribution >= 0.6 is 0 Å². The standard InChI is InChI=1S/C12H15N3O/c1-9(2)16-12-7-14-15(8-12)11-5-3-10(13)4-6-11/h3-9H,13H2,1-2H3. The molecule has 0 radical (unpaired) electrons. The van der Waals surface area contributed by atoms with Crippen LogP contribution < -0.4 is 10.5 Å². The van der Waals surface area contributed by atoms with E-state index in [1.54, 1.807) is 10.9 Å². The average molecular weight is 217 g/mol. The van der Waals surface area contributed by atoms with E-state index in [0.717, 1.165) is 17.1 Å². The van der Waals surface area contributed by atoms with Crippen LogP contribution in [-0.2, 0) is 0 Å². The number of benzene rings is 1. The normalized spacial score (nSPS) is 10.7. The van der Waals surface area contributed by atoms with Gasteiger partial charge in [-0.1, -0.05) is 0 Å². The Balaban J connectivity index is 2.21. The molecule has 0 aliphatic carbocycles. The molecule has 2 aromatic rings. The topological polar surface area (TPSA) is 53.1 Å². The highest BCUT2D eigenvalue weighted by molar-refractivity contribution is 5.44. The Labute approximate surface area is 94.6 Å². The van der Waals surface area contributed by atoms with Crippen LogP contribution in [0.1, 0.15) is 13.8 Å².